The lowest BCUT2D eigenvalue weighted by atomic mass is 10.1. The van der Waals surface area contributed by atoms with Crippen LogP contribution in [0.1, 0.15) is 6.42 Å². The molecule has 1 aliphatic rings. The molecule has 1 heterocycles. The Hall–Kier alpha value is -0.353. The zero-order valence-electron chi connectivity index (χ0n) is 8.79. The first-order valence-corrected chi connectivity index (χ1v) is 8.24. The van der Waals surface area contributed by atoms with Crippen LogP contribution in [0, 0.1) is 5.92 Å². The van der Waals surface area contributed by atoms with E-state index in [0.717, 1.165) is 6.42 Å². The second-order valence-electron chi connectivity index (χ2n) is 4.58. The highest BCUT2D eigenvalue weighted by molar-refractivity contribution is 6.77. The summed E-state index contributed by atoms with van der Waals surface area (Å²) in [6.07, 6.45) is 0.821. The predicted molar refractivity (Wildman–Crippen MR) is 53.2 cm³/mol. The summed E-state index contributed by atoms with van der Waals surface area (Å²) in [5, 5.41) is 0. The van der Waals surface area contributed by atoms with Gasteiger partial charge in [-0.3, -0.25) is 4.79 Å². The molecule has 0 aromatic heterocycles. The Morgan fingerprint density at radius 2 is 2.08 bits per heavy atom. The molecule has 0 aliphatic carbocycles. The van der Waals surface area contributed by atoms with Gasteiger partial charge < -0.3 is 9.47 Å². The fourth-order valence-electron chi connectivity index (χ4n) is 1.84. The van der Waals surface area contributed by atoms with Gasteiger partial charge in [0.2, 0.25) is 0 Å². The number of esters is 1. The zero-order chi connectivity index (χ0) is 10.1. The molecule has 0 unspecified atom stereocenters. The Balaban J connectivity index is 2.70. The molecule has 1 saturated heterocycles. The summed E-state index contributed by atoms with van der Waals surface area (Å²) in [5.41, 5.74) is 0.139. The maximum absolute atomic E-state index is 11.4. The highest BCUT2D eigenvalue weighted by Crippen LogP contribution is 2.29. The molecule has 2 atom stereocenters. The van der Waals surface area contributed by atoms with Gasteiger partial charge in [0.1, 0.15) is 0 Å². The van der Waals surface area contributed by atoms with Crippen LogP contribution >= 0.6 is 0 Å². The van der Waals surface area contributed by atoms with E-state index < -0.39 is 8.07 Å². The summed E-state index contributed by atoms with van der Waals surface area (Å²) in [5.74, 6) is -0.124. The Labute approximate surface area is 80.4 Å². The van der Waals surface area contributed by atoms with Crippen molar-refractivity contribution in [2.75, 3.05) is 13.7 Å². The second-order valence-corrected chi connectivity index (χ2v) is 9.88. The fraction of sp³-hybridized carbons (Fsp3) is 0.889. The maximum atomic E-state index is 11.4. The summed E-state index contributed by atoms with van der Waals surface area (Å²) < 4.78 is 10.4. The van der Waals surface area contributed by atoms with Gasteiger partial charge >= 0.3 is 5.97 Å². The Bertz CT molecular complexity index is 198. The largest absolute Gasteiger partial charge is 0.469 e. The zero-order valence-corrected chi connectivity index (χ0v) is 9.79. The van der Waals surface area contributed by atoms with E-state index in [2.05, 4.69) is 19.6 Å². The standard InChI is InChI=1S/C9H18O3Si/c1-11-8(10)7-5-6-12-9(7)13(2,3)4/h7,9H,5-6H2,1-4H3/t7-,9-/m1/s1. The molecule has 3 nitrogen and oxygen atoms in total. The topological polar surface area (TPSA) is 35.5 Å². The summed E-state index contributed by atoms with van der Waals surface area (Å²) in [6.45, 7) is 7.37. The number of hydrogen-bond donors (Lipinski definition) is 0. The number of hydrogen-bond acceptors (Lipinski definition) is 3. The van der Waals surface area contributed by atoms with Gasteiger partial charge in [-0.1, -0.05) is 19.6 Å². The average molecular weight is 202 g/mol. The SMILES string of the molecule is COC(=O)[C@H]1CCO[C@@H]1[Si](C)(C)C. The van der Waals surface area contributed by atoms with E-state index in [1.54, 1.807) is 0 Å². The molecule has 76 valence electrons. The van der Waals surface area contributed by atoms with E-state index in [-0.39, 0.29) is 17.6 Å². The van der Waals surface area contributed by atoms with E-state index in [0.29, 0.717) is 6.61 Å². The van der Waals surface area contributed by atoms with E-state index >= 15 is 0 Å². The molecule has 0 spiro atoms. The van der Waals surface area contributed by atoms with Gasteiger partial charge in [0.05, 0.1) is 26.8 Å². The van der Waals surface area contributed by atoms with E-state index in [1.165, 1.54) is 7.11 Å². The average Bonchev–Trinajstić information content (AvgIpc) is 2.49. The minimum atomic E-state index is -1.39. The first-order chi connectivity index (χ1) is 5.96. The number of carbonyl (C=O) groups excluding carboxylic acids is 1. The molecule has 0 amide bonds. The molecule has 13 heavy (non-hydrogen) atoms. The third-order valence-electron chi connectivity index (χ3n) is 2.45. The van der Waals surface area contributed by atoms with Crippen molar-refractivity contribution in [3.05, 3.63) is 0 Å². The summed E-state index contributed by atoms with van der Waals surface area (Å²) in [4.78, 5) is 11.4. The van der Waals surface area contributed by atoms with Crippen LogP contribution in [0.25, 0.3) is 0 Å². The Kier molecular flexibility index (Phi) is 3.13. The molecule has 0 bridgehead atoms. The van der Waals surface area contributed by atoms with Crippen molar-refractivity contribution in [2.24, 2.45) is 5.92 Å². The normalized spacial score (nSPS) is 28.9. The second kappa shape index (κ2) is 3.80. The molecule has 1 aliphatic heterocycles. The van der Waals surface area contributed by atoms with Gasteiger partial charge in [0, 0.05) is 6.61 Å². The van der Waals surface area contributed by atoms with Crippen LogP contribution in [0.4, 0.5) is 0 Å². The predicted octanol–water partition coefficient (Wildman–Crippen LogP) is 1.44. The number of rotatable bonds is 2. The van der Waals surface area contributed by atoms with Crippen LogP contribution in [0.5, 0.6) is 0 Å². The third kappa shape index (κ3) is 2.31. The fourth-order valence-corrected chi connectivity index (χ4v) is 3.96. The lowest BCUT2D eigenvalue weighted by Gasteiger charge is -2.27. The first-order valence-electron chi connectivity index (χ1n) is 4.66. The van der Waals surface area contributed by atoms with Crippen LogP contribution < -0.4 is 0 Å². The smallest absolute Gasteiger partial charge is 0.311 e. The molecule has 0 aromatic carbocycles. The van der Waals surface area contributed by atoms with E-state index in [4.69, 9.17) is 9.47 Å². The molecule has 0 aromatic rings. The summed E-state index contributed by atoms with van der Waals surface area (Å²) >= 11 is 0. The molecular formula is C9H18O3Si. The highest BCUT2D eigenvalue weighted by Gasteiger charge is 2.42. The summed E-state index contributed by atoms with van der Waals surface area (Å²) in [6, 6.07) is 0. The van der Waals surface area contributed by atoms with Crippen molar-refractivity contribution in [1.82, 2.24) is 0 Å². The van der Waals surface area contributed by atoms with Gasteiger partial charge in [-0.15, -0.1) is 0 Å². The maximum Gasteiger partial charge on any atom is 0.311 e. The molecule has 0 saturated carbocycles. The van der Waals surface area contributed by atoms with Gasteiger partial charge in [-0.25, -0.2) is 0 Å². The van der Waals surface area contributed by atoms with Gasteiger partial charge in [-0.05, 0) is 6.42 Å². The van der Waals surface area contributed by atoms with E-state index in [9.17, 15) is 4.79 Å². The quantitative estimate of drug-likeness (QED) is 0.502. The Morgan fingerprint density at radius 1 is 1.46 bits per heavy atom. The van der Waals surface area contributed by atoms with Crippen molar-refractivity contribution in [1.29, 1.82) is 0 Å². The van der Waals surface area contributed by atoms with Crippen molar-refractivity contribution in [3.63, 3.8) is 0 Å². The number of ether oxygens (including phenoxy) is 2. The third-order valence-corrected chi connectivity index (χ3v) is 4.73. The first kappa shape index (κ1) is 10.7. The highest BCUT2D eigenvalue weighted by atomic mass is 28.3. The van der Waals surface area contributed by atoms with Crippen molar-refractivity contribution in [3.8, 4) is 0 Å². The van der Waals surface area contributed by atoms with Gasteiger partial charge in [0.25, 0.3) is 0 Å². The van der Waals surface area contributed by atoms with Crippen LogP contribution in [0.3, 0.4) is 0 Å². The lowest BCUT2D eigenvalue weighted by molar-refractivity contribution is -0.146. The van der Waals surface area contributed by atoms with Crippen molar-refractivity contribution in [2.45, 2.75) is 31.8 Å². The number of methoxy groups -OCH3 is 1. The lowest BCUT2D eigenvalue weighted by Crippen LogP contribution is -2.44. The molecule has 1 rings (SSSR count). The molecular weight excluding hydrogens is 184 g/mol. The van der Waals surface area contributed by atoms with E-state index in [1.807, 2.05) is 0 Å². The van der Waals surface area contributed by atoms with Crippen LogP contribution in [-0.2, 0) is 14.3 Å². The number of carbonyl (C=O) groups is 1. The van der Waals surface area contributed by atoms with Crippen LogP contribution in [0.2, 0.25) is 19.6 Å². The minimum Gasteiger partial charge on any atom is -0.469 e. The van der Waals surface area contributed by atoms with Crippen molar-refractivity contribution >= 4 is 14.0 Å². The molecule has 4 heteroatoms. The van der Waals surface area contributed by atoms with Crippen molar-refractivity contribution < 1.29 is 14.3 Å². The van der Waals surface area contributed by atoms with Crippen LogP contribution in [-0.4, -0.2) is 33.5 Å². The molecule has 0 N–H and O–H groups in total. The van der Waals surface area contributed by atoms with Crippen LogP contribution in [0.15, 0.2) is 0 Å². The molecule has 1 fully saturated rings. The monoisotopic (exact) mass is 202 g/mol. The van der Waals surface area contributed by atoms with Gasteiger partial charge in [-0.2, -0.15) is 0 Å². The Morgan fingerprint density at radius 3 is 2.54 bits per heavy atom. The molecule has 0 radical (unpaired) electrons. The summed E-state index contributed by atoms with van der Waals surface area (Å²) in [7, 11) is 0.0570. The van der Waals surface area contributed by atoms with Gasteiger partial charge in [0.15, 0.2) is 0 Å². The minimum absolute atomic E-state index is 0.0170.